The van der Waals surface area contributed by atoms with Gasteiger partial charge in [-0.3, -0.25) is 4.72 Å². The van der Waals surface area contributed by atoms with E-state index in [9.17, 15) is 8.42 Å². The molecule has 0 bridgehead atoms. The van der Waals surface area contributed by atoms with Crippen molar-refractivity contribution in [1.82, 2.24) is 4.57 Å². The zero-order valence-electron chi connectivity index (χ0n) is 16.7. The monoisotopic (exact) mass is 418 g/mol. The Bertz CT molecular complexity index is 1220. The predicted molar refractivity (Wildman–Crippen MR) is 119 cm³/mol. The first-order valence-corrected chi connectivity index (χ1v) is 11.0. The first-order chi connectivity index (χ1) is 14.4. The Kier molecular flexibility index (Phi) is 5.33. The standard InChI is InChI=1S/C24H22N2O3S/c1-18-8-9-19(2)26(18)21-12-16-24(17-13-21)30(27,28)25-20-10-14-23(15-11-20)29-22-6-4-3-5-7-22/h3-17,25H,1-2H3. The van der Waals surface area contributed by atoms with Gasteiger partial charge in [0.1, 0.15) is 11.5 Å². The molecule has 0 spiro atoms. The number of rotatable bonds is 6. The van der Waals surface area contributed by atoms with Crippen LogP contribution in [0.15, 0.2) is 95.9 Å². The van der Waals surface area contributed by atoms with Gasteiger partial charge in [-0.25, -0.2) is 8.42 Å². The van der Waals surface area contributed by atoms with Crippen molar-refractivity contribution in [2.24, 2.45) is 0 Å². The molecule has 3 aromatic carbocycles. The van der Waals surface area contributed by atoms with E-state index in [2.05, 4.69) is 9.29 Å². The van der Waals surface area contributed by atoms with E-state index in [1.54, 1.807) is 36.4 Å². The van der Waals surface area contributed by atoms with E-state index in [4.69, 9.17) is 4.74 Å². The van der Waals surface area contributed by atoms with E-state index >= 15 is 0 Å². The van der Waals surface area contributed by atoms with Crippen LogP contribution < -0.4 is 9.46 Å². The molecule has 1 N–H and O–H groups in total. The van der Waals surface area contributed by atoms with Gasteiger partial charge in [0.2, 0.25) is 0 Å². The van der Waals surface area contributed by atoms with Gasteiger partial charge in [0.15, 0.2) is 0 Å². The van der Waals surface area contributed by atoms with Gasteiger partial charge >= 0.3 is 0 Å². The summed E-state index contributed by atoms with van der Waals surface area (Å²) in [7, 11) is -3.69. The second kappa shape index (κ2) is 8.08. The summed E-state index contributed by atoms with van der Waals surface area (Å²) in [6, 6.07) is 27.1. The number of hydrogen-bond donors (Lipinski definition) is 1. The summed E-state index contributed by atoms with van der Waals surface area (Å²) in [5.41, 5.74) is 3.59. The number of sulfonamides is 1. The minimum atomic E-state index is -3.69. The highest BCUT2D eigenvalue weighted by Crippen LogP contribution is 2.25. The summed E-state index contributed by atoms with van der Waals surface area (Å²) in [6.45, 7) is 4.04. The average molecular weight is 419 g/mol. The SMILES string of the molecule is Cc1ccc(C)n1-c1ccc(S(=O)(=O)Nc2ccc(Oc3ccccc3)cc2)cc1. The lowest BCUT2D eigenvalue weighted by molar-refractivity contribution is 0.483. The molecule has 0 radical (unpaired) electrons. The molecule has 5 nitrogen and oxygen atoms in total. The van der Waals surface area contributed by atoms with Crippen LogP contribution in [-0.4, -0.2) is 13.0 Å². The minimum absolute atomic E-state index is 0.207. The van der Waals surface area contributed by atoms with Crippen molar-refractivity contribution in [2.75, 3.05) is 4.72 Å². The molecule has 0 atom stereocenters. The molecule has 0 amide bonds. The van der Waals surface area contributed by atoms with Gasteiger partial charge in [-0.05, 0) is 86.6 Å². The molecule has 4 aromatic rings. The zero-order chi connectivity index (χ0) is 21.1. The van der Waals surface area contributed by atoms with E-state index in [0.717, 1.165) is 22.8 Å². The van der Waals surface area contributed by atoms with Crippen molar-refractivity contribution in [3.05, 3.63) is 102 Å². The van der Waals surface area contributed by atoms with Crippen LogP contribution in [-0.2, 0) is 10.0 Å². The van der Waals surface area contributed by atoms with Crippen molar-refractivity contribution >= 4 is 15.7 Å². The molecule has 0 aliphatic rings. The third-order valence-corrected chi connectivity index (χ3v) is 6.16. The Morgan fingerprint density at radius 1 is 0.700 bits per heavy atom. The maximum atomic E-state index is 12.8. The Hall–Kier alpha value is -3.51. The highest BCUT2D eigenvalue weighted by molar-refractivity contribution is 7.92. The second-order valence-electron chi connectivity index (χ2n) is 6.99. The van der Waals surface area contributed by atoms with Crippen molar-refractivity contribution in [1.29, 1.82) is 0 Å². The molecule has 0 aliphatic carbocycles. The number of ether oxygens (including phenoxy) is 1. The quantitative estimate of drug-likeness (QED) is 0.438. The third-order valence-electron chi connectivity index (χ3n) is 4.76. The van der Waals surface area contributed by atoms with Crippen LogP contribution in [0.3, 0.4) is 0 Å². The van der Waals surface area contributed by atoms with Crippen LogP contribution in [0.2, 0.25) is 0 Å². The van der Waals surface area contributed by atoms with Gasteiger partial charge in [0.25, 0.3) is 10.0 Å². The number of nitrogens with one attached hydrogen (secondary N) is 1. The Morgan fingerprint density at radius 3 is 1.87 bits per heavy atom. The molecule has 0 unspecified atom stereocenters. The highest BCUT2D eigenvalue weighted by atomic mass is 32.2. The van der Waals surface area contributed by atoms with E-state index in [0.29, 0.717) is 11.4 Å². The molecule has 1 heterocycles. The average Bonchev–Trinajstić information content (AvgIpc) is 3.08. The van der Waals surface area contributed by atoms with Crippen molar-refractivity contribution in [2.45, 2.75) is 18.7 Å². The highest BCUT2D eigenvalue weighted by Gasteiger charge is 2.15. The predicted octanol–water partition coefficient (Wildman–Crippen LogP) is 5.69. The number of hydrogen-bond acceptors (Lipinski definition) is 3. The summed E-state index contributed by atoms with van der Waals surface area (Å²) in [5.74, 6) is 1.35. The number of nitrogens with zero attached hydrogens (tertiary/aromatic N) is 1. The Balaban J connectivity index is 1.49. The Labute approximate surface area is 176 Å². The van der Waals surface area contributed by atoms with Crippen LogP contribution in [0.25, 0.3) is 5.69 Å². The van der Waals surface area contributed by atoms with E-state index in [-0.39, 0.29) is 4.90 Å². The molecule has 0 saturated heterocycles. The minimum Gasteiger partial charge on any atom is -0.457 e. The van der Waals surface area contributed by atoms with Crippen molar-refractivity contribution < 1.29 is 13.2 Å². The number of aryl methyl sites for hydroxylation is 2. The first-order valence-electron chi connectivity index (χ1n) is 9.53. The lowest BCUT2D eigenvalue weighted by Gasteiger charge is -2.12. The maximum Gasteiger partial charge on any atom is 0.261 e. The number of anilines is 1. The van der Waals surface area contributed by atoms with Crippen LogP contribution in [0, 0.1) is 13.8 Å². The summed E-state index contributed by atoms with van der Waals surface area (Å²) in [5, 5.41) is 0. The topological polar surface area (TPSA) is 60.3 Å². The molecule has 0 aliphatic heterocycles. The lowest BCUT2D eigenvalue weighted by Crippen LogP contribution is -2.13. The van der Waals surface area contributed by atoms with Crippen LogP contribution in [0.1, 0.15) is 11.4 Å². The maximum absolute atomic E-state index is 12.8. The fourth-order valence-corrected chi connectivity index (χ4v) is 4.34. The molecule has 0 saturated carbocycles. The van der Waals surface area contributed by atoms with Gasteiger partial charge in [0, 0.05) is 22.8 Å². The van der Waals surface area contributed by atoms with Crippen molar-refractivity contribution in [3.63, 3.8) is 0 Å². The molecule has 6 heteroatoms. The Morgan fingerprint density at radius 2 is 1.27 bits per heavy atom. The second-order valence-corrected chi connectivity index (χ2v) is 8.67. The largest absolute Gasteiger partial charge is 0.457 e. The van der Waals surface area contributed by atoms with Crippen LogP contribution in [0.5, 0.6) is 11.5 Å². The summed E-state index contributed by atoms with van der Waals surface area (Å²) in [6.07, 6.45) is 0. The molecule has 152 valence electrons. The van der Waals surface area contributed by atoms with Gasteiger partial charge in [-0.2, -0.15) is 0 Å². The number of benzene rings is 3. The number of aromatic nitrogens is 1. The summed E-state index contributed by atoms with van der Waals surface area (Å²) in [4.78, 5) is 0.207. The molecule has 4 rings (SSSR count). The molecular formula is C24H22N2O3S. The number of para-hydroxylation sites is 1. The van der Waals surface area contributed by atoms with Crippen LogP contribution in [0.4, 0.5) is 5.69 Å². The van der Waals surface area contributed by atoms with Gasteiger partial charge in [0.05, 0.1) is 4.90 Å². The van der Waals surface area contributed by atoms with Gasteiger partial charge in [-0.15, -0.1) is 0 Å². The van der Waals surface area contributed by atoms with E-state index < -0.39 is 10.0 Å². The third kappa shape index (κ3) is 4.23. The van der Waals surface area contributed by atoms with E-state index in [1.807, 2.05) is 68.4 Å². The van der Waals surface area contributed by atoms with Crippen molar-refractivity contribution in [3.8, 4) is 17.2 Å². The smallest absolute Gasteiger partial charge is 0.261 e. The first kappa shape index (κ1) is 19.8. The van der Waals surface area contributed by atoms with Crippen LogP contribution >= 0.6 is 0 Å². The fraction of sp³-hybridized carbons (Fsp3) is 0.0833. The van der Waals surface area contributed by atoms with E-state index in [1.165, 1.54) is 0 Å². The fourth-order valence-electron chi connectivity index (χ4n) is 3.28. The lowest BCUT2D eigenvalue weighted by atomic mass is 10.3. The molecule has 1 aromatic heterocycles. The summed E-state index contributed by atoms with van der Waals surface area (Å²) < 4.78 is 35.9. The molecule has 30 heavy (non-hydrogen) atoms. The summed E-state index contributed by atoms with van der Waals surface area (Å²) >= 11 is 0. The normalized spacial score (nSPS) is 11.3. The molecular weight excluding hydrogens is 396 g/mol. The van der Waals surface area contributed by atoms with Gasteiger partial charge < -0.3 is 9.30 Å². The molecule has 0 fully saturated rings. The van der Waals surface area contributed by atoms with Gasteiger partial charge in [-0.1, -0.05) is 18.2 Å². The zero-order valence-corrected chi connectivity index (χ0v) is 17.6.